The van der Waals surface area contributed by atoms with Crippen LogP contribution < -0.4 is 10.5 Å². The van der Waals surface area contributed by atoms with Gasteiger partial charge in [0.25, 0.3) is 0 Å². The minimum atomic E-state index is -0.713. The van der Waals surface area contributed by atoms with E-state index in [-0.39, 0.29) is 22.6 Å². The van der Waals surface area contributed by atoms with Gasteiger partial charge in [0.15, 0.2) is 11.5 Å². The fourth-order valence-corrected chi connectivity index (χ4v) is 3.57. The topological polar surface area (TPSA) is 118 Å². The summed E-state index contributed by atoms with van der Waals surface area (Å²) in [6, 6.07) is 9.45. The van der Waals surface area contributed by atoms with Gasteiger partial charge in [0.05, 0.1) is 12.6 Å². The highest BCUT2D eigenvalue weighted by atomic mass is 32.2. The van der Waals surface area contributed by atoms with Crippen LogP contribution >= 0.6 is 11.8 Å². The number of nitrogens with one attached hydrogen (secondary N) is 1. The van der Waals surface area contributed by atoms with Crippen molar-refractivity contribution < 1.29 is 24.5 Å². The van der Waals surface area contributed by atoms with E-state index in [9.17, 15) is 15.0 Å². The number of hydrogen-bond acceptors (Lipinski definition) is 7. The lowest BCUT2D eigenvalue weighted by Crippen LogP contribution is -2.31. The largest absolute Gasteiger partial charge is 0.508 e. The van der Waals surface area contributed by atoms with Gasteiger partial charge in [-0.3, -0.25) is 4.79 Å². The molecule has 0 unspecified atom stereocenters. The van der Waals surface area contributed by atoms with E-state index in [1.807, 2.05) is 6.07 Å². The van der Waals surface area contributed by atoms with Crippen molar-refractivity contribution in [3.05, 3.63) is 53.7 Å². The number of aromatic amines is 1. The molecule has 0 amide bonds. The van der Waals surface area contributed by atoms with Crippen molar-refractivity contribution in [1.82, 2.24) is 4.98 Å². The summed E-state index contributed by atoms with van der Waals surface area (Å²) < 4.78 is 10.5. The second kappa shape index (κ2) is 9.69. The van der Waals surface area contributed by atoms with Gasteiger partial charge in [0.2, 0.25) is 5.12 Å². The number of benzene rings is 2. The van der Waals surface area contributed by atoms with E-state index in [4.69, 9.17) is 15.2 Å². The quantitative estimate of drug-likeness (QED) is 0.396. The normalized spacial score (nSPS) is 12.2. The zero-order chi connectivity index (χ0) is 20.8. The number of H-pyrrole nitrogens is 1. The van der Waals surface area contributed by atoms with Gasteiger partial charge in [0.1, 0.15) is 11.7 Å². The molecule has 0 fully saturated rings. The third kappa shape index (κ3) is 5.44. The number of aromatic nitrogens is 1. The van der Waals surface area contributed by atoms with E-state index in [0.29, 0.717) is 25.2 Å². The van der Waals surface area contributed by atoms with Crippen molar-refractivity contribution in [3.8, 4) is 17.2 Å². The first-order valence-corrected chi connectivity index (χ1v) is 10.1. The highest BCUT2D eigenvalue weighted by molar-refractivity contribution is 8.13. The van der Waals surface area contributed by atoms with Crippen LogP contribution in [0.25, 0.3) is 10.9 Å². The van der Waals surface area contributed by atoms with Crippen LogP contribution in [-0.2, 0) is 22.4 Å². The number of hydrogen-bond donors (Lipinski definition) is 4. The van der Waals surface area contributed by atoms with Crippen LogP contribution in [0.1, 0.15) is 11.1 Å². The van der Waals surface area contributed by atoms with E-state index < -0.39 is 6.04 Å². The van der Waals surface area contributed by atoms with Crippen LogP contribution in [0.5, 0.6) is 17.2 Å². The molecule has 0 aliphatic rings. The van der Waals surface area contributed by atoms with Gasteiger partial charge >= 0.3 is 0 Å². The number of carbonyl (C=O) groups excluding carboxylic acids is 1. The van der Waals surface area contributed by atoms with Crippen LogP contribution in [-0.4, -0.2) is 46.0 Å². The van der Waals surface area contributed by atoms with Crippen LogP contribution in [0.2, 0.25) is 0 Å². The highest BCUT2D eigenvalue weighted by Crippen LogP contribution is 2.28. The fourth-order valence-electron chi connectivity index (χ4n) is 2.97. The van der Waals surface area contributed by atoms with Gasteiger partial charge in [-0.15, -0.1) is 0 Å². The molecule has 29 heavy (non-hydrogen) atoms. The third-order valence-electron chi connectivity index (χ3n) is 4.53. The smallest absolute Gasteiger partial charge is 0.209 e. The van der Waals surface area contributed by atoms with E-state index in [0.717, 1.165) is 33.8 Å². The monoisotopic (exact) mass is 416 g/mol. The maximum atomic E-state index is 12.3. The van der Waals surface area contributed by atoms with Crippen molar-refractivity contribution in [1.29, 1.82) is 0 Å². The summed E-state index contributed by atoms with van der Waals surface area (Å²) in [5.41, 5.74) is 8.72. The second-order valence-electron chi connectivity index (χ2n) is 6.62. The van der Waals surface area contributed by atoms with Crippen molar-refractivity contribution in [2.75, 3.05) is 19.7 Å². The molecule has 3 aromatic rings. The van der Waals surface area contributed by atoms with Crippen molar-refractivity contribution in [3.63, 3.8) is 0 Å². The van der Waals surface area contributed by atoms with E-state index >= 15 is 0 Å². The average molecular weight is 416 g/mol. The molecule has 154 valence electrons. The number of rotatable bonds is 9. The molecule has 1 aromatic heterocycles. The summed E-state index contributed by atoms with van der Waals surface area (Å²) in [7, 11) is 1.62. The Balaban J connectivity index is 1.52. The molecule has 1 heterocycles. The van der Waals surface area contributed by atoms with Gasteiger partial charge in [-0.1, -0.05) is 6.07 Å². The molecule has 3 rings (SSSR count). The lowest BCUT2D eigenvalue weighted by Gasteiger charge is -2.12. The Hall–Kier alpha value is -2.68. The van der Waals surface area contributed by atoms with Gasteiger partial charge in [-0.05, 0) is 66.1 Å². The number of phenols is 2. The summed E-state index contributed by atoms with van der Waals surface area (Å²) in [5, 5.41) is 20.3. The molecule has 0 saturated heterocycles. The number of carbonyl (C=O) groups is 1. The van der Waals surface area contributed by atoms with Crippen LogP contribution in [0.3, 0.4) is 0 Å². The van der Waals surface area contributed by atoms with Gasteiger partial charge in [-0.2, -0.15) is 0 Å². The molecule has 0 aliphatic carbocycles. The Morgan fingerprint density at radius 3 is 2.83 bits per heavy atom. The van der Waals surface area contributed by atoms with E-state index in [2.05, 4.69) is 4.98 Å². The lowest BCUT2D eigenvalue weighted by atomic mass is 10.1. The van der Waals surface area contributed by atoms with Gasteiger partial charge in [0, 0.05) is 24.2 Å². The molecule has 1 atom stereocenters. The maximum Gasteiger partial charge on any atom is 0.209 e. The Labute approximate surface area is 172 Å². The van der Waals surface area contributed by atoms with Crippen molar-refractivity contribution in [2.45, 2.75) is 18.9 Å². The zero-order valence-electron chi connectivity index (χ0n) is 16.1. The molecule has 2 aromatic carbocycles. The first-order chi connectivity index (χ1) is 14.0. The predicted octanol–water partition coefficient (Wildman–Crippen LogP) is 2.93. The Morgan fingerprint density at radius 1 is 1.24 bits per heavy atom. The number of aromatic hydroxyl groups is 2. The molecular formula is C21H24N2O5S. The molecule has 5 N–H and O–H groups in total. The number of thioether (sulfide) groups is 1. The Kier molecular flexibility index (Phi) is 7.03. The Morgan fingerprint density at radius 2 is 2.07 bits per heavy atom. The molecule has 0 aliphatic heterocycles. The summed E-state index contributed by atoms with van der Waals surface area (Å²) in [4.78, 5) is 15.4. The lowest BCUT2D eigenvalue weighted by molar-refractivity contribution is -0.112. The van der Waals surface area contributed by atoms with E-state index in [1.54, 1.807) is 43.6 Å². The first kappa shape index (κ1) is 21.0. The predicted molar refractivity (Wildman–Crippen MR) is 113 cm³/mol. The van der Waals surface area contributed by atoms with Gasteiger partial charge < -0.3 is 30.4 Å². The molecular weight excluding hydrogens is 392 g/mol. The van der Waals surface area contributed by atoms with E-state index in [1.165, 1.54) is 0 Å². The number of phenolic OH excluding ortho intramolecular Hbond substituents is 2. The van der Waals surface area contributed by atoms with Crippen molar-refractivity contribution in [2.24, 2.45) is 5.73 Å². The van der Waals surface area contributed by atoms with Crippen molar-refractivity contribution >= 4 is 27.8 Å². The highest BCUT2D eigenvalue weighted by Gasteiger charge is 2.17. The summed E-state index contributed by atoms with van der Waals surface area (Å²) in [6.07, 6.45) is 2.83. The second-order valence-corrected chi connectivity index (χ2v) is 7.55. The molecule has 0 bridgehead atoms. The summed E-state index contributed by atoms with van der Waals surface area (Å²) >= 11 is 0.960. The maximum absolute atomic E-state index is 12.3. The fraction of sp³-hybridized carbons (Fsp3) is 0.286. The van der Waals surface area contributed by atoms with Crippen LogP contribution in [0.15, 0.2) is 42.6 Å². The molecule has 0 saturated carbocycles. The SMILES string of the molecule is COCCc1ccc(OCSC(=O)[C@@H](N)Cc2c[nH]c3ccc(O)cc23)c(O)c1. The molecule has 0 radical (unpaired) electrons. The van der Waals surface area contributed by atoms with Crippen LogP contribution in [0, 0.1) is 0 Å². The van der Waals surface area contributed by atoms with Crippen LogP contribution in [0.4, 0.5) is 0 Å². The zero-order valence-corrected chi connectivity index (χ0v) is 16.9. The number of fused-ring (bicyclic) bond motifs is 1. The Bertz CT molecular complexity index is 988. The molecule has 7 nitrogen and oxygen atoms in total. The molecule has 8 heteroatoms. The average Bonchev–Trinajstić information content (AvgIpc) is 3.09. The third-order valence-corrected chi connectivity index (χ3v) is 5.35. The minimum absolute atomic E-state index is 0.0227. The summed E-state index contributed by atoms with van der Waals surface area (Å²) in [6.45, 7) is 0.567. The summed E-state index contributed by atoms with van der Waals surface area (Å²) in [5.74, 6) is 0.544. The minimum Gasteiger partial charge on any atom is -0.508 e. The van der Waals surface area contributed by atoms with Gasteiger partial charge in [-0.25, -0.2) is 0 Å². The first-order valence-electron chi connectivity index (χ1n) is 9.12. The number of methoxy groups -OCH3 is 1. The molecule has 0 spiro atoms. The standard InChI is InChI=1S/C21H24N2O5S/c1-27-7-6-13-2-5-20(19(25)8-13)28-12-29-21(26)17(22)9-14-11-23-18-4-3-15(24)10-16(14)18/h2-5,8,10-11,17,23-25H,6-7,9,12,22H2,1H3/t17-/m0/s1. The number of nitrogens with two attached hydrogens (primary N) is 1. The number of ether oxygens (including phenoxy) is 2.